The van der Waals surface area contributed by atoms with Gasteiger partial charge < -0.3 is 22.1 Å². The minimum Gasteiger partial charge on any atom is -0.405 e. The Labute approximate surface area is 184 Å². The van der Waals surface area contributed by atoms with Crippen LogP contribution < -0.4 is 22.1 Å². The van der Waals surface area contributed by atoms with Crippen LogP contribution in [0.25, 0.3) is 5.70 Å². The standard InChI is InChI=1S/C24H30ClN5/c1-4-15-28-23-12-8-6-10-21(23)18(3)30-24(20(13-14-26)17(2)27)29-16-19-9-5-7-11-22(19)25/h5-14,28H,3-4,15-16,26-27H2,1-2H3,(H,29,30)/b14-13-,20-17-. The maximum absolute atomic E-state index is 6.30. The van der Waals surface area contributed by atoms with Crippen LogP contribution in [0.3, 0.4) is 0 Å². The molecule has 0 heterocycles. The minimum absolute atomic E-state index is 0.389. The molecule has 2 rings (SSSR count). The van der Waals surface area contributed by atoms with E-state index in [2.05, 4.69) is 24.1 Å². The third kappa shape index (κ3) is 6.42. The van der Waals surface area contributed by atoms with Crippen molar-refractivity contribution in [1.82, 2.24) is 5.32 Å². The number of aliphatic imine (C=N–C) groups is 1. The molecule has 0 saturated heterocycles. The van der Waals surface area contributed by atoms with Gasteiger partial charge in [-0.15, -0.1) is 0 Å². The lowest BCUT2D eigenvalue weighted by atomic mass is 10.1. The van der Waals surface area contributed by atoms with E-state index < -0.39 is 0 Å². The van der Waals surface area contributed by atoms with Crippen molar-refractivity contribution in [2.45, 2.75) is 26.8 Å². The molecule has 0 unspecified atom stereocenters. The molecular formula is C24H30ClN5. The molecule has 6 N–H and O–H groups in total. The van der Waals surface area contributed by atoms with Gasteiger partial charge >= 0.3 is 0 Å². The zero-order chi connectivity index (χ0) is 21.9. The molecule has 5 nitrogen and oxygen atoms in total. The number of nitrogens with two attached hydrogens (primary N) is 2. The Morgan fingerprint density at radius 2 is 1.87 bits per heavy atom. The predicted octanol–water partition coefficient (Wildman–Crippen LogP) is 5.03. The van der Waals surface area contributed by atoms with Crippen LogP contribution in [0.4, 0.5) is 5.69 Å². The van der Waals surface area contributed by atoms with Gasteiger partial charge in [-0.3, -0.25) is 4.99 Å². The summed E-state index contributed by atoms with van der Waals surface area (Å²) in [5.41, 5.74) is 16.6. The van der Waals surface area contributed by atoms with Gasteiger partial charge in [-0.2, -0.15) is 0 Å². The predicted molar refractivity (Wildman–Crippen MR) is 130 cm³/mol. The van der Waals surface area contributed by atoms with Crippen LogP contribution in [0.5, 0.6) is 0 Å². The number of hydrogen-bond acceptors (Lipinski definition) is 4. The number of halogens is 1. The molecule has 0 fully saturated rings. The minimum atomic E-state index is 0.389. The second-order valence-corrected chi connectivity index (χ2v) is 7.20. The highest BCUT2D eigenvalue weighted by Gasteiger charge is 2.12. The number of hydrogen-bond donors (Lipinski definition) is 4. The van der Waals surface area contributed by atoms with Crippen molar-refractivity contribution in [1.29, 1.82) is 0 Å². The van der Waals surface area contributed by atoms with Gasteiger partial charge in [0.25, 0.3) is 0 Å². The van der Waals surface area contributed by atoms with Crippen molar-refractivity contribution >= 4 is 28.8 Å². The van der Waals surface area contributed by atoms with Crippen LogP contribution in [0.2, 0.25) is 5.02 Å². The Morgan fingerprint density at radius 3 is 2.53 bits per heavy atom. The first-order chi connectivity index (χ1) is 14.5. The average molecular weight is 424 g/mol. The van der Waals surface area contributed by atoms with Gasteiger partial charge in [0, 0.05) is 39.8 Å². The average Bonchev–Trinajstić information content (AvgIpc) is 2.74. The van der Waals surface area contributed by atoms with E-state index in [9.17, 15) is 0 Å². The molecule has 2 aromatic rings. The van der Waals surface area contributed by atoms with E-state index >= 15 is 0 Å². The largest absolute Gasteiger partial charge is 0.405 e. The monoisotopic (exact) mass is 423 g/mol. The first-order valence-electron chi connectivity index (χ1n) is 9.90. The van der Waals surface area contributed by atoms with Crippen molar-refractivity contribution in [3.63, 3.8) is 0 Å². The van der Waals surface area contributed by atoms with E-state index in [1.54, 1.807) is 6.08 Å². The van der Waals surface area contributed by atoms with E-state index in [4.69, 9.17) is 28.1 Å². The van der Waals surface area contributed by atoms with Gasteiger partial charge in [0.2, 0.25) is 0 Å². The topological polar surface area (TPSA) is 88.5 Å². The quantitative estimate of drug-likeness (QED) is 0.259. The van der Waals surface area contributed by atoms with E-state index in [1.807, 2.05) is 55.5 Å². The van der Waals surface area contributed by atoms with Gasteiger partial charge in [-0.1, -0.05) is 61.5 Å². The van der Waals surface area contributed by atoms with Crippen LogP contribution in [0, 0.1) is 0 Å². The molecule has 0 radical (unpaired) electrons. The fraction of sp³-hybridized carbons (Fsp3) is 0.208. The molecule has 0 atom stereocenters. The van der Waals surface area contributed by atoms with Crippen LogP contribution in [0.15, 0.2) is 83.6 Å². The van der Waals surface area contributed by atoms with Crippen LogP contribution in [-0.4, -0.2) is 12.4 Å². The van der Waals surface area contributed by atoms with Crippen molar-refractivity contribution < 1.29 is 0 Å². The zero-order valence-corrected chi connectivity index (χ0v) is 18.3. The number of nitrogens with zero attached hydrogens (tertiary/aromatic N) is 1. The number of nitrogens with one attached hydrogen (secondary N) is 2. The van der Waals surface area contributed by atoms with E-state index in [1.165, 1.54) is 6.20 Å². The molecule has 0 aliphatic rings. The maximum atomic E-state index is 6.30. The summed E-state index contributed by atoms with van der Waals surface area (Å²) < 4.78 is 0. The summed E-state index contributed by atoms with van der Waals surface area (Å²) in [4.78, 5) is 4.75. The normalized spacial score (nSPS) is 12.6. The smallest absolute Gasteiger partial charge is 0.134 e. The molecule has 0 bridgehead atoms. The molecule has 0 aliphatic carbocycles. The Morgan fingerprint density at radius 1 is 1.17 bits per heavy atom. The van der Waals surface area contributed by atoms with Crippen molar-refractivity contribution in [3.8, 4) is 0 Å². The highest BCUT2D eigenvalue weighted by Crippen LogP contribution is 2.22. The van der Waals surface area contributed by atoms with E-state index in [0.29, 0.717) is 34.4 Å². The number of amidine groups is 1. The van der Waals surface area contributed by atoms with E-state index in [0.717, 1.165) is 29.8 Å². The number of rotatable bonds is 9. The summed E-state index contributed by atoms with van der Waals surface area (Å²) >= 11 is 6.30. The number of anilines is 1. The van der Waals surface area contributed by atoms with Crippen molar-refractivity contribution in [2.75, 3.05) is 11.9 Å². The Balaban J connectivity index is 2.38. The second-order valence-electron chi connectivity index (χ2n) is 6.79. The molecule has 6 heteroatoms. The lowest BCUT2D eigenvalue weighted by molar-refractivity contribution is 0.978. The number of benzene rings is 2. The molecule has 0 spiro atoms. The molecule has 0 aromatic heterocycles. The SMILES string of the molecule is C=C(NC(=NCc1ccccc1Cl)C(/C=C\N)=C(/C)N)c1ccccc1NCCC. The van der Waals surface area contributed by atoms with Crippen LogP contribution in [0.1, 0.15) is 31.4 Å². The van der Waals surface area contributed by atoms with Crippen LogP contribution in [-0.2, 0) is 6.54 Å². The summed E-state index contributed by atoms with van der Waals surface area (Å²) in [5, 5.41) is 7.43. The third-order valence-electron chi connectivity index (χ3n) is 4.40. The molecule has 0 aliphatic heterocycles. The highest BCUT2D eigenvalue weighted by atomic mass is 35.5. The maximum Gasteiger partial charge on any atom is 0.134 e. The second kappa shape index (κ2) is 11.7. The fourth-order valence-electron chi connectivity index (χ4n) is 2.85. The van der Waals surface area contributed by atoms with Gasteiger partial charge in [0.1, 0.15) is 5.84 Å². The highest BCUT2D eigenvalue weighted by molar-refractivity contribution is 6.31. The summed E-state index contributed by atoms with van der Waals surface area (Å²) in [7, 11) is 0. The lowest BCUT2D eigenvalue weighted by Crippen LogP contribution is -2.26. The van der Waals surface area contributed by atoms with Gasteiger partial charge in [0.15, 0.2) is 0 Å². The van der Waals surface area contributed by atoms with Crippen molar-refractivity contribution in [2.24, 2.45) is 16.5 Å². The Bertz CT molecular complexity index is 956. The first kappa shape index (κ1) is 23.1. The number of para-hydroxylation sites is 1. The summed E-state index contributed by atoms with van der Waals surface area (Å²) in [5.74, 6) is 0.576. The summed E-state index contributed by atoms with van der Waals surface area (Å²) in [6.07, 6.45) is 4.19. The summed E-state index contributed by atoms with van der Waals surface area (Å²) in [6.45, 7) is 9.43. The van der Waals surface area contributed by atoms with Crippen LogP contribution >= 0.6 is 11.6 Å². The van der Waals surface area contributed by atoms with Gasteiger partial charge in [-0.05, 0) is 43.3 Å². The molecule has 0 amide bonds. The fourth-order valence-corrected chi connectivity index (χ4v) is 3.04. The molecule has 158 valence electrons. The molecular weight excluding hydrogens is 394 g/mol. The van der Waals surface area contributed by atoms with E-state index in [-0.39, 0.29) is 0 Å². The van der Waals surface area contributed by atoms with Crippen molar-refractivity contribution in [3.05, 3.63) is 94.8 Å². The third-order valence-corrected chi connectivity index (χ3v) is 4.76. The number of allylic oxidation sites excluding steroid dienone is 1. The van der Waals surface area contributed by atoms with Gasteiger partial charge in [0.05, 0.1) is 6.54 Å². The Kier molecular flexibility index (Phi) is 9.03. The summed E-state index contributed by atoms with van der Waals surface area (Å²) in [6, 6.07) is 15.6. The zero-order valence-electron chi connectivity index (χ0n) is 17.6. The molecule has 30 heavy (non-hydrogen) atoms. The lowest BCUT2D eigenvalue weighted by Gasteiger charge is -2.18. The van der Waals surface area contributed by atoms with Gasteiger partial charge in [-0.25, -0.2) is 0 Å². The molecule has 2 aromatic carbocycles. The Hall–Kier alpha value is -3.18. The first-order valence-corrected chi connectivity index (χ1v) is 10.3. The molecule has 0 saturated carbocycles.